The first-order valence-corrected chi connectivity index (χ1v) is 7.38. The fourth-order valence-electron chi connectivity index (χ4n) is 2.75. The number of amides is 3. The number of nitrogens with one attached hydrogen (secondary N) is 2. The van der Waals surface area contributed by atoms with Crippen LogP contribution in [-0.4, -0.2) is 34.6 Å². The first-order valence-electron chi connectivity index (χ1n) is 7.38. The molecular formula is C14H25N3O4. The van der Waals surface area contributed by atoms with E-state index in [0.29, 0.717) is 19.3 Å². The molecule has 1 aliphatic carbocycles. The van der Waals surface area contributed by atoms with Gasteiger partial charge in [-0.05, 0) is 25.2 Å². The van der Waals surface area contributed by atoms with E-state index in [-0.39, 0.29) is 5.92 Å². The number of hydrogen-bond acceptors (Lipinski definition) is 3. The minimum absolute atomic E-state index is 0.166. The van der Waals surface area contributed by atoms with Crippen molar-refractivity contribution in [2.45, 2.75) is 64.0 Å². The second kappa shape index (κ2) is 7.28. The Balaban J connectivity index is 2.81. The zero-order valence-electron chi connectivity index (χ0n) is 12.6. The number of carbonyl (C=O) groups is 3. The van der Waals surface area contributed by atoms with Crippen molar-refractivity contribution < 1.29 is 19.5 Å². The summed E-state index contributed by atoms with van der Waals surface area (Å²) in [5, 5.41) is 14.5. The average molecular weight is 299 g/mol. The van der Waals surface area contributed by atoms with Gasteiger partial charge in [0.05, 0.1) is 0 Å². The molecule has 7 nitrogen and oxygen atoms in total. The molecule has 7 heteroatoms. The predicted octanol–water partition coefficient (Wildman–Crippen LogP) is 0.973. The van der Waals surface area contributed by atoms with Crippen LogP contribution in [-0.2, 0) is 9.59 Å². The Morgan fingerprint density at radius 2 is 1.76 bits per heavy atom. The Labute approximate surface area is 124 Å². The third-order valence-corrected chi connectivity index (χ3v) is 3.82. The van der Waals surface area contributed by atoms with Crippen molar-refractivity contribution in [3.05, 3.63) is 0 Å². The minimum Gasteiger partial charge on any atom is -0.480 e. The smallest absolute Gasteiger partial charge is 0.329 e. The molecule has 0 saturated heterocycles. The van der Waals surface area contributed by atoms with Crippen LogP contribution in [0.1, 0.15) is 52.4 Å². The van der Waals surface area contributed by atoms with Gasteiger partial charge in [0.15, 0.2) is 0 Å². The van der Waals surface area contributed by atoms with Gasteiger partial charge < -0.3 is 21.5 Å². The number of carboxylic acids is 1. The van der Waals surface area contributed by atoms with Crippen LogP contribution in [0.25, 0.3) is 0 Å². The van der Waals surface area contributed by atoms with Gasteiger partial charge >= 0.3 is 12.0 Å². The van der Waals surface area contributed by atoms with Crippen LogP contribution >= 0.6 is 0 Å². The summed E-state index contributed by atoms with van der Waals surface area (Å²) >= 11 is 0. The lowest BCUT2D eigenvalue weighted by Gasteiger charge is -2.35. The van der Waals surface area contributed by atoms with Crippen molar-refractivity contribution in [3.8, 4) is 0 Å². The van der Waals surface area contributed by atoms with Gasteiger partial charge in [-0.25, -0.2) is 9.59 Å². The van der Waals surface area contributed by atoms with E-state index in [1.165, 1.54) is 0 Å². The van der Waals surface area contributed by atoms with E-state index in [9.17, 15) is 19.5 Å². The summed E-state index contributed by atoms with van der Waals surface area (Å²) in [5.41, 5.74) is 3.87. The van der Waals surface area contributed by atoms with Crippen LogP contribution in [0.5, 0.6) is 0 Å². The molecule has 0 bridgehead atoms. The maximum atomic E-state index is 12.3. The van der Waals surface area contributed by atoms with Gasteiger partial charge in [-0.15, -0.1) is 0 Å². The summed E-state index contributed by atoms with van der Waals surface area (Å²) in [4.78, 5) is 34.9. The molecule has 21 heavy (non-hydrogen) atoms. The lowest BCUT2D eigenvalue weighted by Crippen LogP contribution is -2.60. The first-order chi connectivity index (χ1) is 9.77. The highest BCUT2D eigenvalue weighted by Crippen LogP contribution is 2.28. The predicted molar refractivity (Wildman–Crippen MR) is 77.6 cm³/mol. The molecule has 0 aromatic carbocycles. The number of aliphatic carboxylic acids is 1. The maximum absolute atomic E-state index is 12.3. The Hall–Kier alpha value is -1.79. The topological polar surface area (TPSA) is 122 Å². The van der Waals surface area contributed by atoms with E-state index in [0.717, 1.165) is 19.3 Å². The van der Waals surface area contributed by atoms with Crippen LogP contribution in [0.2, 0.25) is 0 Å². The molecule has 1 fully saturated rings. The molecule has 0 heterocycles. The zero-order chi connectivity index (χ0) is 16.0. The van der Waals surface area contributed by atoms with Gasteiger partial charge in [-0.3, -0.25) is 4.79 Å². The number of rotatable bonds is 6. The van der Waals surface area contributed by atoms with Crippen molar-refractivity contribution in [3.63, 3.8) is 0 Å². The number of carbonyl (C=O) groups excluding carboxylic acids is 2. The van der Waals surface area contributed by atoms with Crippen molar-refractivity contribution in [2.24, 2.45) is 11.7 Å². The van der Waals surface area contributed by atoms with Crippen molar-refractivity contribution >= 4 is 17.9 Å². The Morgan fingerprint density at radius 1 is 1.19 bits per heavy atom. The van der Waals surface area contributed by atoms with Gasteiger partial charge in [-0.2, -0.15) is 0 Å². The minimum atomic E-state index is -1.22. The number of primary amides is 1. The van der Waals surface area contributed by atoms with Crippen LogP contribution in [0.3, 0.4) is 0 Å². The normalized spacial score (nSPS) is 18.8. The SMILES string of the molecule is CC(C)CC(NC(N)=O)C(=O)NC1(C(=O)O)CCCCC1. The Morgan fingerprint density at radius 3 is 2.19 bits per heavy atom. The molecule has 0 aliphatic heterocycles. The molecule has 0 aromatic rings. The highest BCUT2D eigenvalue weighted by atomic mass is 16.4. The molecule has 0 spiro atoms. The van der Waals surface area contributed by atoms with E-state index < -0.39 is 29.5 Å². The largest absolute Gasteiger partial charge is 0.480 e. The van der Waals surface area contributed by atoms with Gasteiger partial charge in [0.1, 0.15) is 11.6 Å². The van der Waals surface area contributed by atoms with Crippen LogP contribution < -0.4 is 16.4 Å². The highest BCUT2D eigenvalue weighted by molar-refractivity contribution is 5.91. The molecule has 1 atom stereocenters. The van der Waals surface area contributed by atoms with Crippen LogP contribution in [0.15, 0.2) is 0 Å². The third kappa shape index (κ3) is 4.91. The molecule has 3 amide bonds. The number of nitrogens with two attached hydrogens (primary N) is 1. The zero-order valence-corrected chi connectivity index (χ0v) is 12.6. The van der Waals surface area contributed by atoms with Gasteiger partial charge in [0.2, 0.25) is 5.91 Å². The molecule has 5 N–H and O–H groups in total. The molecular weight excluding hydrogens is 274 g/mol. The summed E-state index contributed by atoms with van der Waals surface area (Å²) in [5.74, 6) is -1.33. The molecule has 0 radical (unpaired) electrons. The van der Waals surface area contributed by atoms with Gasteiger partial charge in [0.25, 0.3) is 0 Å². The van der Waals surface area contributed by atoms with E-state index in [1.807, 2.05) is 13.8 Å². The molecule has 1 unspecified atom stereocenters. The number of carboxylic acid groups (broad SMARTS) is 1. The molecule has 1 saturated carbocycles. The summed E-state index contributed by atoms with van der Waals surface area (Å²) in [6, 6.07) is -1.59. The van der Waals surface area contributed by atoms with Gasteiger partial charge in [0, 0.05) is 0 Å². The molecule has 1 rings (SSSR count). The van der Waals surface area contributed by atoms with E-state index in [4.69, 9.17) is 5.73 Å². The van der Waals surface area contributed by atoms with Gasteiger partial charge in [-0.1, -0.05) is 33.1 Å². The standard InChI is InChI=1S/C14H25N3O4/c1-9(2)8-10(16-13(15)21)11(18)17-14(12(19)20)6-4-3-5-7-14/h9-10H,3-8H2,1-2H3,(H,17,18)(H,19,20)(H3,15,16,21). The van der Waals surface area contributed by atoms with Crippen LogP contribution in [0.4, 0.5) is 4.79 Å². The quantitative estimate of drug-likeness (QED) is 0.584. The fraction of sp³-hybridized carbons (Fsp3) is 0.786. The van der Waals surface area contributed by atoms with E-state index in [1.54, 1.807) is 0 Å². The van der Waals surface area contributed by atoms with Crippen molar-refractivity contribution in [1.82, 2.24) is 10.6 Å². The fourth-order valence-corrected chi connectivity index (χ4v) is 2.75. The third-order valence-electron chi connectivity index (χ3n) is 3.82. The molecule has 120 valence electrons. The lowest BCUT2D eigenvalue weighted by atomic mass is 9.81. The Kier molecular flexibility index (Phi) is 5.99. The molecule has 0 aromatic heterocycles. The Bertz CT molecular complexity index is 403. The van der Waals surface area contributed by atoms with E-state index >= 15 is 0 Å². The lowest BCUT2D eigenvalue weighted by molar-refractivity contribution is -0.149. The molecule has 1 aliphatic rings. The van der Waals surface area contributed by atoms with Crippen LogP contribution in [0, 0.1) is 5.92 Å². The highest BCUT2D eigenvalue weighted by Gasteiger charge is 2.42. The number of hydrogen-bond donors (Lipinski definition) is 4. The summed E-state index contributed by atoms with van der Waals surface area (Å²) in [7, 11) is 0. The van der Waals surface area contributed by atoms with E-state index in [2.05, 4.69) is 10.6 Å². The average Bonchev–Trinajstić information content (AvgIpc) is 2.37. The summed E-state index contributed by atoms with van der Waals surface area (Å²) < 4.78 is 0. The first kappa shape index (κ1) is 17.3. The maximum Gasteiger partial charge on any atom is 0.329 e. The monoisotopic (exact) mass is 299 g/mol. The van der Waals surface area contributed by atoms with Crippen molar-refractivity contribution in [2.75, 3.05) is 0 Å². The summed E-state index contributed by atoms with van der Waals surface area (Å²) in [6.45, 7) is 3.83. The number of urea groups is 1. The second-order valence-electron chi connectivity index (χ2n) is 6.13. The van der Waals surface area contributed by atoms with Crippen molar-refractivity contribution in [1.29, 1.82) is 0 Å². The summed E-state index contributed by atoms with van der Waals surface area (Å²) in [6.07, 6.45) is 3.75. The second-order valence-corrected chi connectivity index (χ2v) is 6.13.